The van der Waals surface area contributed by atoms with E-state index in [-0.39, 0.29) is 0 Å². The summed E-state index contributed by atoms with van der Waals surface area (Å²) >= 11 is 3.20. The van der Waals surface area contributed by atoms with Crippen LogP contribution in [-0.4, -0.2) is 7.05 Å². The summed E-state index contributed by atoms with van der Waals surface area (Å²) in [6.07, 6.45) is -4.34. The highest BCUT2D eigenvalue weighted by Gasteiger charge is 2.31. The van der Waals surface area contributed by atoms with Crippen molar-refractivity contribution in [3.63, 3.8) is 0 Å². The van der Waals surface area contributed by atoms with Crippen molar-refractivity contribution in [1.82, 2.24) is 0 Å². The fourth-order valence-electron chi connectivity index (χ4n) is 1.95. The normalized spacial score (nSPS) is 11.5. The number of nitrogens with zero attached hydrogens (tertiary/aromatic N) is 1. The standard InChI is InChI=1S/C15H14BrF3N2/c1-21(12-5-2-10(9-20)3-6-12)14-7-4-11(8-13(14)16)15(17,18)19/h2-8H,9,20H2,1H3. The van der Waals surface area contributed by atoms with Gasteiger partial charge in [0.25, 0.3) is 0 Å². The van der Waals surface area contributed by atoms with E-state index in [4.69, 9.17) is 5.73 Å². The van der Waals surface area contributed by atoms with Crippen LogP contribution in [0.4, 0.5) is 24.5 Å². The fourth-order valence-corrected chi connectivity index (χ4v) is 2.59. The van der Waals surface area contributed by atoms with E-state index in [2.05, 4.69) is 15.9 Å². The summed E-state index contributed by atoms with van der Waals surface area (Å²) in [5, 5.41) is 0. The molecule has 0 saturated heterocycles. The topological polar surface area (TPSA) is 29.3 Å². The lowest BCUT2D eigenvalue weighted by molar-refractivity contribution is -0.137. The van der Waals surface area contributed by atoms with Crippen molar-refractivity contribution in [3.05, 3.63) is 58.1 Å². The monoisotopic (exact) mass is 358 g/mol. The molecule has 2 rings (SSSR count). The number of rotatable bonds is 3. The van der Waals surface area contributed by atoms with Gasteiger partial charge in [0.1, 0.15) is 0 Å². The Labute approximate surface area is 129 Å². The van der Waals surface area contributed by atoms with E-state index >= 15 is 0 Å². The zero-order chi connectivity index (χ0) is 15.6. The highest BCUT2D eigenvalue weighted by Crippen LogP contribution is 2.36. The summed E-state index contributed by atoms with van der Waals surface area (Å²) < 4.78 is 38.4. The molecule has 0 aromatic heterocycles. The van der Waals surface area contributed by atoms with Gasteiger partial charge in [0.15, 0.2) is 0 Å². The van der Waals surface area contributed by atoms with Crippen LogP contribution < -0.4 is 10.6 Å². The molecule has 0 aliphatic rings. The number of alkyl halides is 3. The number of anilines is 2. The molecular formula is C15H14BrF3N2. The first kappa shape index (κ1) is 15.9. The Balaban J connectivity index is 2.32. The first-order valence-corrected chi connectivity index (χ1v) is 7.01. The van der Waals surface area contributed by atoms with Crippen LogP contribution in [0.3, 0.4) is 0 Å². The molecule has 2 aromatic carbocycles. The molecule has 112 valence electrons. The number of nitrogens with two attached hydrogens (primary N) is 1. The van der Waals surface area contributed by atoms with Crippen LogP contribution >= 0.6 is 15.9 Å². The molecule has 6 heteroatoms. The molecule has 0 amide bonds. The van der Waals surface area contributed by atoms with Crippen molar-refractivity contribution in [2.75, 3.05) is 11.9 Å². The lowest BCUT2D eigenvalue weighted by Gasteiger charge is -2.22. The van der Waals surface area contributed by atoms with Gasteiger partial charge in [-0.15, -0.1) is 0 Å². The molecule has 0 bridgehead atoms. The quantitative estimate of drug-likeness (QED) is 0.861. The van der Waals surface area contributed by atoms with E-state index in [1.165, 1.54) is 6.07 Å². The van der Waals surface area contributed by atoms with Crippen LogP contribution in [0.1, 0.15) is 11.1 Å². The number of hydrogen-bond donors (Lipinski definition) is 1. The predicted octanol–water partition coefficient (Wildman–Crippen LogP) is 4.69. The maximum Gasteiger partial charge on any atom is 0.416 e. The number of hydrogen-bond acceptors (Lipinski definition) is 2. The minimum Gasteiger partial charge on any atom is -0.344 e. The predicted molar refractivity (Wildman–Crippen MR) is 81.5 cm³/mol. The molecule has 2 N–H and O–H groups in total. The van der Waals surface area contributed by atoms with Gasteiger partial charge >= 0.3 is 6.18 Å². The average molecular weight is 359 g/mol. The molecule has 0 unspecified atom stereocenters. The molecule has 0 atom stereocenters. The van der Waals surface area contributed by atoms with Crippen molar-refractivity contribution >= 4 is 27.3 Å². The zero-order valence-electron chi connectivity index (χ0n) is 11.3. The third-order valence-electron chi connectivity index (χ3n) is 3.20. The highest BCUT2D eigenvalue weighted by atomic mass is 79.9. The van der Waals surface area contributed by atoms with Gasteiger partial charge in [-0.3, -0.25) is 0 Å². The molecule has 2 nitrogen and oxygen atoms in total. The van der Waals surface area contributed by atoms with Crippen molar-refractivity contribution in [3.8, 4) is 0 Å². The van der Waals surface area contributed by atoms with Gasteiger partial charge in [-0.2, -0.15) is 13.2 Å². The first-order chi connectivity index (χ1) is 9.82. The number of benzene rings is 2. The minimum absolute atomic E-state index is 0.391. The summed E-state index contributed by atoms with van der Waals surface area (Å²) in [5.41, 5.74) is 7.39. The Hall–Kier alpha value is -1.53. The van der Waals surface area contributed by atoms with Gasteiger partial charge in [0.05, 0.1) is 11.3 Å². The minimum atomic E-state index is -4.34. The van der Waals surface area contributed by atoms with Crippen molar-refractivity contribution in [2.24, 2.45) is 5.73 Å². The van der Waals surface area contributed by atoms with Crippen LogP contribution in [0.5, 0.6) is 0 Å². The van der Waals surface area contributed by atoms with E-state index in [0.717, 1.165) is 23.4 Å². The van der Waals surface area contributed by atoms with Gasteiger partial charge in [-0.05, 0) is 51.8 Å². The smallest absolute Gasteiger partial charge is 0.344 e. The third kappa shape index (κ3) is 3.57. The summed E-state index contributed by atoms with van der Waals surface area (Å²) in [5.74, 6) is 0. The van der Waals surface area contributed by atoms with Gasteiger partial charge in [-0.1, -0.05) is 12.1 Å². The van der Waals surface area contributed by atoms with Gasteiger partial charge in [0, 0.05) is 23.8 Å². The Morgan fingerprint density at radius 2 is 1.71 bits per heavy atom. The van der Waals surface area contributed by atoms with Crippen LogP contribution in [0.15, 0.2) is 46.9 Å². The molecule has 0 spiro atoms. The second-order valence-electron chi connectivity index (χ2n) is 4.59. The van der Waals surface area contributed by atoms with Crippen molar-refractivity contribution in [1.29, 1.82) is 0 Å². The van der Waals surface area contributed by atoms with Crippen LogP contribution in [0.25, 0.3) is 0 Å². The molecule has 0 heterocycles. The van der Waals surface area contributed by atoms with E-state index < -0.39 is 11.7 Å². The SMILES string of the molecule is CN(c1ccc(CN)cc1)c1ccc(C(F)(F)F)cc1Br. The van der Waals surface area contributed by atoms with E-state index in [0.29, 0.717) is 16.7 Å². The molecule has 0 fully saturated rings. The summed E-state index contributed by atoms with van der Waals surface area (Å²) in [4.78, 5) is 1.81. The van der Waals surface area contributed by atoms with E-state index in [9.17, 15) is 13.2 Å². The highest BCUT2D eigenvalue weighted by molar-refractivity contribution is 9.10. The van der Waals surface area contributed by atoms with E-state index in [1.54, 1.807) is 7.05 Å². The molecular weight excluding hydrogens is 345 g/mol. The lowest BCUT2D eigenvalue weighted by atomic mass is 10.1. The van der Waals surface area contributed by atoms with Crippen molar-refractivity contribution < 1.29 is 13.2 Å². The molecule has 2 aromatic rings. The first-order valence-electron chi connectivity index (χ1n) is 6.22. The van der Waals surface area contributed by atoms with Gasteiger partial charge in [0.2, 0.25) is 0 Å². The van der Waals surface area contributed by atoms with Crippen LogP contribution in [0, 0.1) is 0 Å². The molecule has 0 radical (unpaired) electrons. The Morgan fingerprint density at radius 3 is 2.19 bits per heavy atom. The third-order valence-corrected chi connectivity index (χ3v) is 3.83. The van der Waals surface area contributed by atoms with Gasteiger partial charge in [-0.25, -0.2) is 0 Å². The maximum absolute atomic E-state index is 12.7. The maximum atomic E-state index is 12.7. The zero-order valence-corrected chi connectivity index (χ0v) is 12.9. The average Bonchev–Trinajstić information content (AvgIpc) is 2.45. The Kier molecular flexibility index (Phi) is 4.58. The van der Waals surface area contributed by atoms with E-state index in [1.807, 2.05) is 29.2 Å². The Morgan fingerprint density at radius 1 is 1.10 bits per heavy atom. The largest absolute Gasteiger partial charge is 0.416 e. The molecule has 0 aliphatic carbocycles. The molecule has 0 saturated carbocycles. The lowest BCUT2D eigenvalue weighted by Crippen LogP contribution is -2.12. The molecule has 0 aliphatic heterocycles. The Bertz CT molecular complexity index is 624. The summed E-state index contributed by atoms with van der Waals surface area (Å²) in [6, 6.07) is 11.2. The second-order valence-corrected chi connectivity index (χ2v) is 5.45. The number of halogens is 4. The summed E-state index contributed by atoms with van der Waals surface area (Å²) in [7, 11) is 1.80. The molecule has 21 heavy (non-hydrogen) atoms. The van der Waals surface area contributed by atoms with Gasteiger partial charge < -0.3 is 10.6 Å². The second kappa shape index (κ2) is 6.07. The van der Waals surface area contributed by atoms with Crippen molar-refractivity contribution in [2.45, 2.75) is 12.7 Å². The van der Waals surface area contributed by atoms with Crippen LogP contribution in [-0.2, 0) is 12.7 Å². The van der Waals surface area contributed by atoms with Crippen LogP contribution in [0.2, 0.25) is 0 Å². The summed E-state index contributed by atoms with van der Waals surface area (Å²) in [6.45, 7) is 0.452. The fraction of sp³-hybridized carbons (Fsp3) is 0.200.